The number of nitrogens with zero attached hydrogens (tertiary/aromatic N) is 2. The largest absolute Gasteiger partial charge is 0.289 e. The number of rotatable bonds is 4. The van der Waals surface area contributed by atoms with E-state index in [4.69, 9.17) is 4.98 Å². The molecule has 0 saturated carbocycles. The van der Waals surface area contributed by atoms with Crippen LogP contribution in [0.1, 0.15) is 15.9 Å². The molecule has 0 bridgehead atoms. The molecule has 0 radical (unpaired) electrons. The minimum atomic E-state index is -0.0231. The molecular weight excluding hydrogens is 320 g/mol. The van der Waals surface area contributed by atoms with Crippen LogP contribution in [-0.2, 0) is 0 Å². The highest BCUT2D eigenvalue weighted by Crippen LogP contribution is 2.24. The van der Waals surface area contributed by atoms with Gasteiger partial charge in [-0.3, -0.25) is 9.78 Å². The molecule has 1 aromatic heterocycles. The number of hydrogen-bond donors (Lipinski definition) is 0. The Morgan fingerprint density at radius 2 is 1.46 bits per heavy atom. The topological polar surface area (TPSA) is 42.9 Å². The molecule has 1 heterocycles. The van der Waals surface area contributed by atoms with Gasteiger partial charge in [0.05, 0.1) is 22.9 Å². The fourth-order valence-electron chi connectivity index (χ4n) is 2.83. The summed E-state index contributed by atoms with van der Waals surface area (Å²) in [4.78, 5) is 21.5. The molecule has 0 aliphatic heterocycles. The molecule has 4 aromatic rings. The van der Waals surface area contributed by atoms with Gasteiger partial charge in [-0.05, 0) is 23.8 Å². The zero-order chi connectivity index (χ0) is 17.8. The van der Waals surface area contributed by atoms with Crippen LogP contribution in [0.25, 0.3) is 28.4 Å². The second kappa shape index (κ2) is 7.11. The number of hydrogen-bond acceptors (Lipinski definition) is 3. The lowest BCUT2D eigenvalue weighted by atomic mass is 10.0. The lowest BCUT2D eigenvalue weighted by Crippen LogP contribution is -1.94. The Morgan fingerprint density at radius 1 is 0.769 bits per heavy atom. The van der Waals surface area contributed by atoms with E-state index in [0.29, 0.717) is 5.56 Å². The van der Waals surface area contributed by atoms with Crippen LogP contribution in [-0.4, -0.2) is 15.8 Å². The van der Waals surface area contributed by atoms with Crippen LogP contribution in [0.2, 0.25) is 0 Å². The molecule has 0 amide bonds. The summed E-state index contributed by atoms with van der Waals surface area (Å²) in [5, 5.41) is 0. The number of allylic oxidation sites excluding steroid dienone is 1. The molecule has 0 aliphatic carbocycles. The standard InChI is InChI=1S/C23H16N2O/c26-23(18-9-2-1-3-10-18)15-14-17-8-4-5-11-19(17)22-16-24-20-12-6-7-13-21(20)25-22/h1-16H. The van der Waals surface area contributed by atoms with Crippen molar-refractivity contribution in [2.75, 3.05) is 0 Å². The minimum Gasteiger partial charge on any atom is -0.289 e. The SMILES string of the molecule is O=C(C=Cc1ccccc1-c1cnc2ccccc2n1)c1ccccc1. The highest BCUT2D eigenvalue weighted by atomic mass is 16.1. The molecule has 3 nitrogen and oxygen atoms in total. The summed E-state index contributed by atoms with van der Waals surface area (Å²) in [5.74, 6) is -0.0231. The third kappa shape index (κ3) is 3.28. The quantitative estimate of drug-likeness (QED) is 0.380. The van der Waals surface area contributed by atoms with Crippen molar-refractivity contribution in [2.45, 2.75) is 0 Å². The van der Waals surface area contributed by atoms with E-state index in [1.165, 1.54) is 0 Å². The Kier molecular flexibility index (Phi) is 4.35. The van der Waals surface area contributed by atoms with Gasteiger partial charge in [-0.2, -0.15) is 0 Å². The molecule has 26 heavy (non-hydrogen) atoms. The van der Waals surface area contributed by atoms with Gasteiger partial charge in [0.1, 0.15) is 0 Å². The van der Waals surface area contributed by atoms with Crippen molar-refractivity contribution < 1.29 is 4.79 Å². The van der Waals surface area contributed by atoms with Gasteiger partial charge >= 0.3 is 0 Å². The van der Waals surface area contributed by atoms with Gasteiger partial charge in [0.15, 0.2) is 5.78 Å². The first-order valence-electron chi connectivity index (χ1n) is 8.40. The molecule has 3 heteroatoms. The average Bonchev–Trinajstić information content (AvgIpc) is 2.72. The molecule has 0 spiro atoms. The average molecular weight is 336 g/mol. The van der Waals surface area contributed by atoms with Crippen molar-refractivity contribution in [2.24, 2.45) is 0 Å². The maximum absolute atomic E-state index is 12.3. The highest BCUT2D eigenvalue weighted by Gasteiger charge is 2.07. The van der Waals surface area contributed by atoms with Gasteiger partial charge in [0, 0.05) is 11.1 Å². The summed E-state index contributed by atoms with van der Waals surface area (Å²) in [7, 11) is 0. The monoisotopic (exact) mass is 336 g/mol. The van der Waals surface area contributed by atoms with Crippen molar-refractivity contribution in [1.29, 1.82) is 0 Å². The van der Waals surface area contributed by atoms with Gasteiger partial charge < -0.3 is 0 Å². The summed E-state index contributed by atoms with van der Waals surface area (Å²) < 4.78 is 0. The van der Waals surface area contributed by atoms with E-state index in [1.54, 1.807) is 12.3 Å². The maximum atomic E-state index is 12.3. The minimum absolute atomic E-state index is 0.0231. The summed E-state index contributed by atoms with van der Waals surface area (Å²) in [6.45, 7) is 0. The second-order valence-electron chi connectivity index (χ2n) is 5.89. The highest BCUT2D eigenvalue weighted by molar-refractivity contribution is 6.07. The number of fused-ring (bicyclic) bond motifs is 1. The fourth-order valence-corrected chi connectivity index (χ4v) is 2.83. The van der Waals surface area contributed by atoms with Crippen LogP contribution in [0, 0.1) is 0 Å². The Balaban J connectivity index is 1.70. The molecule has 0 aliphatic rings. The molecule has 0 N–H and O–H groups in total. The Morgan fingerprint density at radius 3 is 2.31 bits per heavy atom. The third-order valence-electron chi connectivity index (χ3n) is 4.16. The smallest absolute Gasteiger partial charge is 0.185 e. The van der Waals surface area contributed by atoms with Crippen LogP contribution in [0.15, 0.2) is 91.1 Å². The van der Waals surface area contributed by atoms with Crippen LogP contribution in [0.4, 0.5) is 0 Å². The van der Waals surface area contributed by atoms with Crippen molar-refractivity contribution in [3.8, 4) is 11.3 Å². The van der Waals surface area contributed by atoms with E-state index in [1.807, 2.05) is 84.9 Å². The molecule has 124 valence electrons. The predicted molar refractivity (Wildman–Crippen MR) is 105 cm³/mol. The summed E-state index contributed by atoms with van der Waals surface area (Å²) >= 11 is 0. The van der Waals surface area contributed by atoms with Gasteiger partial charge in [-0.25, -0.2) is 4.98 Å². The molecule has 4 rings (SSSR count). The fraction of sp³-hybridized carbons (Fsp3) is 0. The summed E-state index contributed by atoms with van der Waals surface area (Å²) in [5.41, 5.74) is 5.06. The van der Waals surface area contributed by atoms with Crippen molar-refractivity contribution in [1.82, 2.24) is 9.97 Å². The van der Waals surface area contributed by atoms with E-state index in [-0.39, 0.29) is 5.78 Å². The van der Waals surface area contributed by atoms with Gasteiger partial charge in [-0.15, -0.1) is 0 Å². The first kappa shape index (κ1) is 15.9. The lowest BCUT2D eigenvalue weighted by Gasteiger charge is -2.06. The predicted octanol–water partition coefficient (Wildman–Crippen LogP) is 5.19. The molecule has 0 fully saturated rings. The molecular formula is C23H16N2O. The number of benzene rings is 3. The first-order chi connectivity index (χ1) is 12.8. The van der Waals surface area contributed by atoms with Crippen LogP contribution >= 0.6 is 0 Å². The zero-order valence-corrected chi connectivity index (χ0v) is 14.0. The van der Waals surface area contributed by atoms with E-state index in [0.717, 1.165) is 27.9 Å². The molecule has 0 saturated heterocycles. The number of para-hydroxylation sites is 2. The van der Waals surface area contributed by atoms with Gasteiger partial charge in [0.2, 0.25) is 0 Å². The van der Waals surface area contributed by atoms with Crippen molar-refractivity contribution in [3.63, 3.8) is 0 Å². The third-order valence-corrected chi connectivity index (χ3v) is 4.16. The van der Waals surface area contributed by atoms with Crippen LogP contribution in [0.5, 0.6) is 0 Å². The van der Waals surface area contributed by atoms with E-state index in [9.17, 15) is 4.79 Å². The number of ketones is 1. The van der Waals surface area contributed by atoms with Crippen molar-refractivity contribution in [3.05, 3.63) is 102 Å². The van der Waals surface area contributed by atoms with E-state index >= 15 is 0 Å². The summed E-state index contributed by atoms with van der Waals surface area (Å²) in [6.07, 6.45) is 5.21. The van der Waals surface area contributed by atoms with Crippen molar-refractivity contribution >= 4 is 22.9 Å². The normalized spacial score (nSPS) is 11.1. The van der Waals surface area contributed by atoms with E-state index < -0.39 is 0 Å². The second-order valence-corrected chi connectivity index (χ2v) is 5.89. The van der Waals surface area contributed by atoms with E-state index in [2.05, 4.69) is 4.98 Å². The van der Waals surface area contributed by atoms with Gasteiger partial charge in [-0.1, -0.05) is 72.8 Å². The van der Waals surface area contributed by atoms with Gasteiger partial charge in [0.25, 0.3) is 0 Å². The van der Waals surface area contributed by atoms with Crippen LogP contribution in [0.3, 0.4) is 0 Å². The number of carbonyl (C=O) groups excluding carboxylic acids is 1. The number of aromatic nitrogens is 2. The summed E-state index contributed by atoms with van der Waals surface area (Å²) in [6, 6.07) is 24.9. The molecule has 0 unspecified atom stereocenters. The molecule has 0 atom stereocenters. The Hall–Kier alpha value is -3.59. The lowest BCUT2D eigenvalue weighted by molar-refractivity contribution is 0.104. The first-order valence-corrected chi connectivity index (χ1v) is 8.40. The maximum Gasteiger partial charge on any atom is 0.185 e. The Labute approximate surface area is 151 Å². The zero-order valence-electron chi connectivity index (χ0n) is 14.0. The van der Waals surface area contributed by atoms with Crippen LogP contribution < -0.4 is 0 Å². The Bertz CT molecular complexity index is 1100. The number of carbonyl (C=O) groups is 1. The molecule has 3 aromatic carbocycles.